The molecule has 0 spiro atoms. The maximum Gasteiger partial charge on any atom is 0.129 e. The van der Waals surface area contributed by atoms with Crippen LogP contribution in [0.25, 0.3) is 0 Å². The van der Waals surface area contributed by atoms with Gasteiger partial charge < -0.3 is 4.74 Å². The molecule has 4 heteroatoms. The Morgan fingerprint density at radius 3 is 2.53 bits per heavy atom. The van der Waals surface area contributed by atoms with Crippen molar-refractivity contribution in [2.45, 2.75) is 6.61 Å². The third-order valence-corrected chi connectivity index (χ3v) is 2.65. The largest absolute Gasteiger partial charge is 0.489 e. The summed E-state index contributed by atoms with van der Waals surface area (Å²) in [6.45, 7) is 0.0720. The molecule has 0 fully saturated rings. The normalized spacial score (nSPS) is 10.3. The van der Waals surface area contributed by atoms with Gasteiger partial charge in [0.25, 0.3) is 0 Å². The van der Waals surface area contributed by atoms with Crippen molar-refractivity contribution in [3.05, 3.63) is 64.1 Å². The fourth-order valence-electron chi connectivity index (χ4n) is 1.39. The molecule has 0 aliphatic rings. The van der Waals surface area contributed by atoms with Gasteiger partial charge in [0.05, 0.1) is 0 Å². The minimum absolute atomic E-state index is 0.0720. The van der Waals surface area contributed by atoms with Gasteiger partial charge in [-0.25, -0.2) is 8.78 Å². The molecule has 0 aromatic heterocycles. The molecule has 0 saturated heterocycles. The maximum atomic E-state index is 13.3. The third kappa shape index (κ3) is 3.27. The maximum absolute atomic E-state index is 13.3. The van der Waals surface area contributed by atoms with E-state index < -0.39 is 5.82 Å². The Morgan fingerprint density at radius 2 is 1.82 bits per heavy atom. The van der Waals surface area contributed by atoms with Crippen LogP contribution in [0.2, 0.25) is 0 Å². The Bertz CT molecular complexity index is 508. The second kappa shape index (κ2) is 5.27. The van der Waals surface area contributed by atoms with Gasteiger partial charge >= 0.3 is 0 Å². The van der Waals surface area contributed by atoms with Gasteiger partial charge in [0.2, 0.25) is 0 Å². The van der Waals surface area contributed by atoms with Crippen molar-refractivity contribution in [1.29, 1.82) is 0 Å². The first-order chi connectivity index (χ1) is 8.15. The smallest absolute Gasteiger partial charge is 0.129 e. The van der Waals surface area contributed by atoms with E-state index in [1.807, 2.05) is 0 Å². The minimum Gasteiger partial charge on any atom is -0.489 e. The molecule has 88 valence electrons. The Labute approximate surface area is 106 Å². The first-order valence-electron chi connectivity index (χ1n) is 4.97. The Hall–Kier alpha value is -1.42. The van der Waals surface area contributed by atoms with Crippen LogP contribution in [0.1, 0.15) is 5.56 Å². The first-order valence-corrected chi connectivity index (χ1v) is 5.77. The van der Waals surface area contributed by atoms with Crippen molar-refractivity contribution in [1.82, 2.24) is 0 Å². The molecule has 0 aliphatic heterocycles. The molecule has 2 rings (SSSR count). The number of ether oxygens (including phenoxy) is 1. The predicted molar refractivity (Wildman–Crippen MR) is 64.8 cm³/mol. The first kappa shape index (κ1) is 12.0. The van der Waals surface area contributed by atoms with Gasteiger partial charge in [-0.15, -0.1) is 0 Å². The van der Waals surface area contributed by atoms with E-state index in [0.29, 0.717) is 15.8 Å². The molecule has 1 nitrogen and oxygen atoms in total. The van der Waals surface area contributed by atoms with E-state index >= 15 is 0 Å². The zero-order chi connectivity index (χ0) is 12.3. The predicted octanol–water partition coefficient (Wildman–Crippen LogP) is 4.31. The number of hydrogen-bond acceptors (Lipinski definition) is 1. The van der Waals surface area contributed by atoms with Crippen molar-refractivity contribution in [2.24, 2.45) is 0 Å². The minimum atomic E-state index is -0.400. The van der Waals surface area contributed by atoms with E-state index in [0.717, 1.165) is 0 Å². The fourth-order valence-corrected chi connectivity index (χ4v) is 1.83. The highest BCUT2D eigenvalue weighted by molar-refractivity contribution is 9.10. The Balaban J connectivity index is 2.10. The van der Waals surface area contributed by atoms with Crippen molar-refractivity contribution < 1.29 is 13.5 Å². The van der Waals surface area contributed by atoms with Crippen LogP contribution in [0.15, 0.2) is 46.9 Å². The Morgan fingerprint density at radius 1 is 1.06 bits per heavy atom. The summed E-state index contributed by atoms with van der Waals surface area (Å²) in [5.41, 5.74) is 0.438. The Kier molecular flexibility index (Phi) is 3.74. The summed E-state index contributed by atoms with van der Waals surface area (Å²) >= 11 is 3.16. The molecule has 0 aliphatic carbocycles. The monoisotopic (exact) mass is 298 g/mol. The molecule has 0 radical (unpaired) electrons. The van der Waals surface area contributed by atoms with E-state index in [2.05, 4.69) is 15.9 Å². The van der Waals surface area contributed by atoms with Crippen LogP contribution >= 0.6 is 15.9 Å². The lowest BCUT2D eigenvalue weighted by atomic mass is 10.2. The standard InChI is InChI=1S/C13H9BrF2O/c14-10-5-11(15)7-12(6-10)17-8-9-3-1-2-4-13(9)16/h1-7H,8H2. The van der Waals surface area contributed by atoms with Crippen LogP contribution in [-0.4, -0.2) is 0 Å². The molecule has 0 unspecified atom stereocenters. The summed E-state index contributed by atoms with van der Waals surface area (Å²) in [6, 6.07) is 10.5. The van der Waals surface area contributed by atoms with Gasteiger partial charge in [-0.2, -0.15) is 0 Å². The van der Waals surface area contributed by atoms with E-state index in [-0.39, 0.29) is 12.4 Å². The van der Waals surface area contributed by atoms with Crippen LogP contribution in [-0.2, 0) is 6.61 Å². The van der Waals surface area contributed by atoms with E-state index in [9.17, 15) is 8.78 Å². The summed E-state index contributed by atoms with van der Waals surface area (Å²) in [4.78, 5) is 0. The van der Waals surface area contributed by atoms with Gasteiger partial charge in [0.1, 0.15) is 24.0 Å². The van der Waals surface area contributed by atoms with Crippen molar-refractivity contribution in [3.63, 3.8) is 0 Å². The van der Waals surface area contributed by atoms with Gasteiger partial charge in [-0.3, -0.25) is 0 Å². The van der Waals surface area contributed by atoms with Crippen LogP contribution in [0.4, 0.5) is 8.78 Å². The molecule has 0 amide bonds. The second-order valence-electron chi connectivity index (χ2n) is 3.49. The highest BCUT2D eigenvalue weighted by atomic mass is 79.9. The second-order valence-corrected chi connectivity index (χ2v) is 4.40. The van der Waals surface area contributed by atoms with Crippen molar-refractivity contribution in [3.8, 4) is 5.75 Å². The lowest BCUT2D eigenvalue weighted by Gasteiger charge is -2.07. The van der Waals surface area contributed by atoms with Gasteiger partial charge in [-0.1, -0.05) is 34.1 Å². The molecule has 2 aromatic carbocycles. The molecule has 0 bridgehead atoms. The molecule has 2 aromatic rings. The van der Waals surface area contributed by atoms with Crippen LogP contribution in [0.3, 0.4) is 0 Å². The highest BCUT2D eigenvalue weighted by Crippen LogP contribution is 2.21. The number of halogens is 3. The van der Waals surface area contributed by atoms with Crippen molar-refractivity contribution in [2.75, 3.05) is 0 Å². The summed E-state index contributed by atoms with van der Waals surface area (Å²) in [7, 11) is 0. The number of rotatable bonds is 3. The SMILES string of the molecule is Fc1cc(Br)cc(OCc2ccccc2F)c1. The lowest BCUT2D eigenvalue weighted by Crippen LogP contribution is -1.98. The molecule has 17 heavy (non-hydrogen) atoms. The van der Waals surface area contributed by atoms with Gasteiger partial charge in [0, 0.05) is 16.1 Å². The highest BCUT2D eigenvalue weighted by Gasteiger charge is 2.03. The third-order valence-electron chi connectivity index (χ3n) is 2.19. The van der Waals surface area contributed by atoms with Crippen LogP contribution < -0.4 is 4.74 Å². The van der Waals surface area contributed by atoms with Crippen LogP contribution in [0, 0.1) is 11.6 Å². The van der Waals surface area contributed by atoms with E-state index in [1.165, 1.54) is 18.2 Å². The molecule has 0 heterocycles. The van der Waals surface area contributed by atoms with Gasteiger partial charge in [-0.05, 0) is 18.2 Å². The average Bonchev–Trinajstić information content (AvgIpc) is 2.27. The quantitative estimate of drug-likeness (QED) is 0.820. The van der Waals surface area contributed by atoms with Crippen LogP contribution in [0.5, 0.6) is 5.75 Å². The topological polar surface area (TPSA) is 9.23 Å². The zero-order valence-electron chi connectivity index (χ0n) is 8.79. The lowest BCUT2D eigenvalue weighted by molar-refractivity contribution is 0.298. The average molecular weight is 299 g/mol. The molecule has 0 N–H and O–H groups in total. The molecule has 0 saturated carbocycles. The van der Waals surface area contributed by atoms with Gasteiger partial charge in [0.15, 0.2) is 0 Å². The number of hydrogen-bond donors (Lipinski definition) is 0. The molecular formula is C13H9BrF2O. The molecular weight excluding hydrogens is 290 g/mol. The fraction of sp³-hybridized carbons (Fsp3) is 0.0769. The van der Waals surface area contributed by atoms with Crippen molar-refractivity contribution >= 4 is 15.9 Å². The summed E-state index contributed by atoms with van der Waals surface area (Å²) < 4.78 is 32.2. The zero-order valence-corrected chi connectivity index (χ0v) is 10.4. The van der Waals surface area contributed by atoms with E-state index in [4.69, 9.17) is 4.74 Å². The number of benzene rings is 2. The molecule has 0 atom stereocenters. The van der Waals surface area contributed by atoms with E-state index in [1.54, 1.807) is 24.3 Å². The summed E-state index contributed by atoms with van der Waals surface area (Å²) in [5.74, 6) is -0.369. The summed E-state index contributed by atoms with van der Waals surface area (Å²) in [5, 5.41) is 0. The summed E-state index contributed by atoms with van der Waals surface area (Å²) in [6.07, 6.45) is 0.